The van der Waals surface area contributed by atoms with Gasteiger partial charge in [0, 0.05) is 11.9 Å². The Balaban J connectivity index is 1.92. The van der Waals surface area contributed by atoms with Crippen molar-refractivity contribution in [3.8, 4) is 0 Å². The summed E-state index contributed by atoms with van der Waals surface area (Å²) in [5, 5.41) is 4.69. The first-order valence-electron chi connectivity index (χ1n) is 8.41. The zero-order valence-corrected chi connectivity index (χ0v) is 15.7. The molecule has 0 saturated heterocycles. The van der Waals surface area contributed by atoms with E-state index >= 15 is 0 Å². The third-order valence-corrected chi connectivity index (χ3v) is 5.20. The molecule has 0 aliphatic carbocycles. The minimum absolute atomic E-state index is 0.0922. The van der Waals surface area contributed by atoms with E-state index in [2.05, 4.69) is 10.5 Å². The van der Waals surface area contributed by atoms with Crippen LogP contribution in [-0.4, -0.2) is 24.1 Å². The number of aromatic nitrogens is 2. The molecule has 1 amide bonds. The Morgan fingerprint density at radius 3 is 2.39 bits per heavy atom. The molecule has 3 aromatic rings. The number of halogens is 1. The topological polar surface area (TPSA) is 110 Å². The minimum atomic E-state index is -4.11. The van der Waals surface area contributed by atoms with Crippen molar-refractivity contribution < 1.29 is 17.6 Å². The van der Waals surface area contributed by atoms with Crippen molar-refractivity contribution in [2.75, 3.05) is 0 Å². The fourth-order valence-electron chi connectivity index (χ4n) is 2.61. The van der Waals surface area contributed by atoms with Gasteiger partial charge >= 0.3 is 0 Å². The van der Waals surface area contributed by atoms with Gasteiger partial charge in [0.1, 0.15) is 5.82 Å². The molecule has 0 unspecified atom stereocenters. The number of hydrogen-bond acceptors (Lipinski definition) is 5. The van der Waals surface area contributed by atoms with E-state index in [0.29, 0.717) is 23.7 Å². The molecule has 10 heteroatoms. The van der Waals surface area contributed by atoms with Gasteiger partial charge in [0.25, 0.3) is 21.5 Å². The number of aryl methyl sites for hydroxylation is 1. The Bertz CT molecular complexity index is 1190. The predicted octanol–water partition coefficient (Wildman–Crippen LogP) is 1.57. The highest BCUT2D eigenvalue weighted by Crippen LogP contribution is 2.14. The summed E-state index contributed by atoms with van der Waals surface area (Å²) in [7, 11) is -4.11. The van der Waals surface area contributed by atoms with E-state index in [1.807, 2.05) is 11.8 Å². The predicted molar refractivity (Wildman–Crippen MR) is 100 cm³/mol. The third-order valence-electron chi connectivity index (χ3n) is 3.94. The molecule has 1 aromatic heterocycles. The van der Waals surface area contributed by atoms with Crippen LogP contribution in [0.2, 0.25) is 0 Å². The Morgan fingerprint density at radius 1 is 1.11 bits per heavy atom. The van der Waals surface area contributed by atoms with E-state index in [-0.39, 0.29) is 16.1 Å². The summed E-state index contributed by atoms with van der Waals surface area (Å²) in [4.78, 5) is 26.8. The monoisotopic (exact) mass is 404 g/mol. The Morgan fingerprint density at radius 2 is 1.75 bits per heavy atom. The number of fused-ring (bicyclic) bond motifs is 1. The smallest absolute Gasteiger partial charge is 0.272 e. The summed E-state index contributed by atoms with van der Waals surface area (Å²) >= 11 is 0. The number of hydrogen-bond donors (Lipinski definition) is 2. The Labute approximate surface area is 160 Å². The molecule has 0 saturated carbocycles. The molecule has 0 radical (unpaired) electrons. The zero-order valence-electron chi connectivity index (χ0n) is 14.8. The summed E-state index contributed by atoms with van der Waals surface area (Å²) in [6, 6.07) is 10.6. The van der Waals surface area contributed by atoms with Crippen LogP contribution >= 0.6 is 0 Å². The maximum absolute atomic E-state index is 13.0. The summed E-state index contributed by atoms with van der Waals surface area (Å²) < 4.78 is 38.6. The highest BCUT2D eigenvalue weighted by atomic mass is 32.2. The van der Waals surface area contributed by atoms with Crippen molar-refractivity contribution in [3.05, 3.63) is 70.4 Å². The van der Waals surface area contributed by atoms with Crippen LogP contribution in [0, 0.1) is 5.82 Å². The van der Waals surface area contributed by atoms with Gasteiger partial charge in [-0.15, -0.1) is 4.83 Å². The second-order valence-corrected chi connectivity index (χ2v) is 7.62. The highest BCUT2D eigenvalue weighted by Gasteiger charge is 2.20. The van der Waals surface area contributed by atoms with Crippen LogP contribution < -0.4 is 15.8 Å². The molecule has 2 N–H and O–H groups in total. The minimum Gasteiger partial charge on any atom is -0.272 e. The molecular weight excluding hydrogens is 387 g/mol. The lowest BCUT2D eigenvalue weighted by Gasteiger charge is -2.11. The number of rotatable bonds is 6. The van der Waals surface area contributed by atoms with Gasteiger partial charge in [0.05, 0.1) is 10.3 Å². The van der Waals surface area contributed by atoms with Crippen LogP contribution in [0.4, 0.5) is 4.39 Å². The number of nitrogens with one attached hydrogen (secondary N) is 2. The van der Waals surface area contributed by atoms with Crippen LogP contribution in [0.5, 0.6) is 0 Å². The first kappa shape index (κ1) is 19.6. The molecule has 3 rings (SSSR count). The zero-order chi connectivity index (χ0) is 20.3. The van der Waals surface area contributed by atoms with E-state index < -0.39 is 21.7 Å². The standard InChI is InChI=1S/C18H17FN4O4S/c1-2-11-23-18(25)15-6-4-3-5-14(15)16(21-23)17(24)20-22-28(26,27)13-9-7-12(19)8-10-13/h3-10,22H,2,11H2,1H3,(H,20,24). The van der Waals surface area contributed by atoms with Crippen molar-refractivity contribution >= 4 is 26.7 Å². The van der Waals surface area contributed by atoms with Crippen LogP contribution in [0.1, 0.15) is 23.8 Å². The summed E-state index contributed by atoms with van der Waals surface area (Å²) in [6.07, 6.45) is 0.628. The van der Waals surface area contributed by atoms with Gasteiger partial charge in [-0.1, -0.05) is 25.1 Å². The molecule has 0 bridgehead atoms. The maximum Gasteiger partial charge on any atom is 0.287 e. The molecule has 0 aliphatic heterocycles. The van der Waals surface area contributed by atoms with Gasteiger partial charge < -0.3 is 0 Å². The van der Waals surface area contributed by atoms with Gasteiger partial charge in [0.15, 0.2) is 5.69 Å². The quantitative estimate of drug-likeness (QED) is 0.606. The molecule has 8 nitrogen and oxygen atoms in total. The average Bonchev–Trinajstić information content (AvgIpc) is 2.69. The number of hydrazine groups is 1. The number of benzene rings is 2. The Hall–Kier alpha value is -3.11. The van der Waals surface area contributed by atoms with Crippen molar-refractivity contribution in [3.63, 3.8) is 0 Å². The van der Waals surface area contributed by atoms with E-state index in [1.54, 1.807) is 24.3 Å². The highest BCUT2D eigenvalue weighted by molar-refractivity contribution is 7.89. The SMILES string of the molecule is CCCn1nc(C(=O)NNS(=O)(=O)c2ccc(F)cc2)c2ccccc2c1=O. The number of nitrogens with zero attached hydrogens (tertiary/aromatic N) is 2. The summed E-state index contributed by atoms with van der Waals surface area (Å²) in [6.45, 7) is 2.17. The molecule has 0 spiro atoms. The molecule has 28 heavy (non-hydrogen) atoms. The lowest BCUT2D eigenvalue weighted by molar-refractivity contribution is 0.0939. The maximum atomic E-state index is 13.0. The van der Waals surface area contributed by atoms with Gasteiger partial charge in [-0.05, 0) is 36.8 Å². The van der Waals surface area contributed by atoms with Gasteiger partial charge in [0.2, 0.25) is 0 Å². The second kappa shape index (κ2) is 7.87. The van der Waals surface area contributed by atoms with E-state index in [4.69, 9.17) is 0 Å². The average molecular weight is 404 g/mol. The molecule has 0 aliphatic rings. The summed E-state index contributed by atoms with van der Waals surface area (Å²) in [5.74, 6) is -1.41. The van der Waals surface area contributed by atoms with Gasteiger partial charge in [-0.3, -0.25) is 15.0 Å². The molecular formula is C18H17FN4O4S. The normalized spacial score (nSPS) is 11.5. The fourth-order valence-corrected chi connectivity index (χ4v) is 3.45. The van der Waals surface area contributed by atoms with E-state index in [0.717, 1.165) is 24.3 Å². The second-order valence-electron chi connectivity index (χ2n) is 5.94. The first-order chi connectivity index (χ1) is 13.3. The summed E-state index contributed by atoms with van der Waals surface area (Å²) in [5.41, 5.74) is 1.66. The number of carbonyl (C=O) groups is 1. The fraction of sp³-hybridized carbons (Fsp3) is 0.167. The number of amides is 1. The van der Waals surface area contributed by atoms with Crippen LogP contribution in [0.25, 0.3) is 10.8 Å². The number of sulfonamides is 1. The van der Waals surface area contributed by atoms with Crippen LogP contribution in [0.3, 0.4) is 0 Å². The van der Waals surface area contributed by atoms with Crippen molar-refractivity contribution in [2.45, 2.75) is 24.8 Å². The van der Waals surface area contributed by atoms with Gasteiger partial charge in [-0.25, -0.2) is 17.5 Å². The Kier molecular flexibility index (Phi) is 5.52. The molecule has 2 aromatic carbocycles. The molecule has 0 fully saturated rings. The number of carbonyl (C=O) groups excluding carboxylic acids is 1. The largest absolute Gasteiger partial charge is 0.287 e. The van der Waals surface area contributed by atoms with Gasteiger partial charge in [-0.2, -0.15) is 5.10 Å². The molecule has 0 atom stereocenters. The van der Waals surface area contributed by atoms with E-state index in [9.17, 15) is 22.4 Å². The van der Waals surface area contributed by atoms with E-state index in [1.165, 1.54) is 4.68 Å². The van der Waals surface area contributed by atoms with Crippen LogP contribution in [-0.2, 0) is 16.6 Å². The lowest BCUT2D eigenvalue weighted by Crippen LogP contribution is -2.42. The van der Waals surface area contributed by atoms with Crippen molar-refractivity contribution in [2.24, 2.45) is 0 Å². The molecule has 146 valence electrons. The van der Waals surface area contributed by atoms with Crippen molar-refractivity contribution in [1.29, 1.82) is 0 Å². The third kappa shape index (κ3) is 3.92. The van der Waals surface area contributed by atoms with Crippen LogP contribution in [0.15, 0.2) is 58.2 Å². The lowest BCUT2D eigenvalue weighted by atomic mass is 10.1. The van der Waals surface area contributed by atoms with Crippen molar-refractivity contribution in [1.82, 2.24) is 20.0 Å². The first-order valence-corrected chi connectivity index (χ1v) is 9.89. The molecule has 1 heterocycles.